The van der Waals surface area contributed by atoms with E-state index in [2.05, 4.69) is 20.3 Å². The first kappa shape index (κ1) is 7.02. The quantitative estimate of drug-likeness (QED) is 0.695. The van der Waals surface area contributed by atoms with Crippen molar-refractivity contribution in [3.05, 3.63) is 30.1 Å². The monoisotopic (exact) mass is 163 g/mol. The van der Waals surface area contributed by atoms with Crippen LogP contribution in [0.3, 0.4) is 0 Å². The van der Waals surface area contributed by atoms with Gasteiger partial charge in [-0.05, 0) is 13.0 Å². The highest BCUT2D eigenvalue weighted by atomic mass is 15.3. The molecule has 2 aromatic heterocycles. The van der Waals surface area contributed by atoms with Crippen LogP contribution in [0.25, 0.3) is 0 Å². The van der Waals surface area contributed by atoms with E-state index >= 15 is 0 Å². The van der Waals surface area contributed by atoms with E-state index in [9.17, 15) is 0 Å². The molecule has 5 heteroatoms. The van der Waals surface area contributed by atoms with Gasteiger partial charge in [-0.25, -0.2) is 4.98 Å². The molecule has 12 heavy (non-hydrogen) atoms. The molecule has 0 spiro atoms. The molecule has 0 fully saturated rings. The van der Waals surface area contributed by atoms with Crippen molar-refractivity contribution in [3.8, 4) is 0 Å². The largest absolute Gasteiger partial charge is 0.265 e. The van der Waals surface area contributed by atoms with Gasteiger partial charge in [0.25, 0.3) is 0 Å². The summed E-state index contributed by atoms with van der Waals surface area (Å²) in [5.41, 5.74) is 0. The molecule has 0 saturated heterocycles. The smallest absolute Gasteiger partial charge is 0.172 e. The third-order valence-corrected chi connectivity index (χ3v) is 1.51. The van der Waals surface area contributed by atoms with Crippen LogP contribution in [0.5, 0.6) is 0 Å². The summed E-state index contributed by atoms with van der Waals surface area (Å²) in [6, 6.07) is 1.87. The van der Waals surface area contributed by atoms with Gasteiger partial charge < -0.3 is 0 Å². The Hall–Kier alpha value is -1.65. The Morgan fingerprint density at radius 2 is 2.50 bits per heavy atom. The Morgan fingerprint density at radius 1 is 1.58 bits per heavy atom. The van der Waals surface area contributed by atoms with Crippen molar-refractivity contribution in [1.29, 1.82) is 0 Å². The normalized spacial score (nSPS) is 10.4. The topological polar surface area (TPSA) is 59.4 Å². The maximum atomic E-state index is 4.16. The number of hydrogen-bond donors (Lipinski definition) is 1. The Bertz CT molecular complexity index is 348. The molecule has 2 heterocycles. The van der Waals surface area contributed by atoms with Crippen molar-refractivity contribution in [1.82, 2.24) is 25.0 Å². The van der Waals surface area contributed by atoms with E-state index in [4.69, 9.17) is 0 Å². The van der Waals surface area contributed by atoms with E-state index in [1.807, 2.05) is 19.2 Å². The van der Waals surface area contributed by atoms with Gasteiger partial charge >= 0.3 is 0 Å². The van der Waals surface area contributed by atoms with Crippen LogP contribution in [0, 0.1) is 6.92 Å². The fourth-order valence-corrected chi connectivity index (χ4v) is 0.999. The lowest BCUT2D eigenvalue weighted by atomic mass is 10.6. The van der Waals surface area contributed by atoms with Crippen LogP contribution in [-0.2, 0) is 6.54 Å². The van der Waals surface area contributed by atoms with E-state index in [0.29, 0.717) is 6.54 Å². The molecule has 0 aromatic carbocycles. The van der Waals surface area contributed by atoms with Gasteiger partial charge in [0.1, 0.15) is 12.4 Å². The number of aromatic nitrogens is 5. The number of aryl methyl sites for hydroxylation is 1. The number of aromatic amines is 1. The van der Waals surface area contributed by atoms with Gasteiger partial charge in [0.2, 0.25) is 0 Å². The summed E-state index contributed by atoms with van der Waals surface area (Å²) >= 11 is 0. The Kier molecular flexibility index (Phi) is 1.62. The lowest BCUT2D eigenvalue weighted by Crippen LogP contribution is -2.01. The first-order valence-electron chi connectivity index (χ1n) is 3.70. The van der Waals surface area contributed by atoms with Crippen LogP contribution in [-0.4, -0.2) is 25.0 Å². The lowest BCUT2D eigenvalue weighted by Gasteiger charge is -1.93. The van der Waals surface area contributed by atoms with Crippen molar-refractivity contribution in [2.75, 3.05) is 0 Å². The first-order valence-corrected chi connectivity index (χ1v) is 3.70. The average molecular weight is 163 g/mol. The molecule has 2 aromatic rings. The average Bonchev–Trinajstić information content (AvgIpc) is 2.63. The van der Waals surface area contributed by atoms with E-state index in [1.165, 1.54) is 0 Å². The molecule has 0 atom stereocenters. The van der Waals surface area contributed by atoms with Crippen molar-refractivity contribution >= 4 is 0 Å². The Balaban J connectivity index is 2.14. The molecule has 0 saturated carbocycles. The molecular weight excluding hydrogens is 154 g/mol. The lowest BCUT2D eigenvalue weighted by molar-refractivity contribution is 0.657. The van der Waals surface area contributed by atoms with E-state index in [0.717, 1.165) is 11.6 Å². The van der Waals surface area contributed by atoms with Gasteiger partial charge in [-0.1, -0.05) is 0 Å². The predicted molar refractivity (Wildman–Crippen MR) is 42.4 cm³/mol. The Morgan fingerprint density at radius 3 is 3.08 bits per heavy atom. The second-order valence-corrected chi connectivity index (χ2v) is 2.54. The van der Waals surface area contributed by atoms with Crippen LogP contribution in [0.2, 0.25) is 0 Å². The summed E-state index contributed by atoms with van der Waals surface area (Å²) in [5.74, 6) is 1.59. The van der Waals surface area contributed by atoms with E-state index < -0.39 is 0 Å². The standard InChI is InChI=1S/C7H9N5/c1-6-9-7(11-10-6)5-12-4-2-3-8-12/h2-4H,5H2,1H3,(H,9,10,11). The van der Waals surface area contributed by atoms with Crippen LogP contribution < -0.4 is 0 Å². The fraction of sp³-hybridized carbons (Fsp3) is 0.286. The van der Waals surface area contributed by atoms with Gasteiger partial charge in [-0.15, -0.1) is 0 Å². The minimum absolute atomic E-state index is 0.622. The fourth-order valence-electron chi connectivity index (χ4n) is 0.999. The second-order valence-electron chi connectivity index (χ2n) is 2.54. The molecule has 0 radical (unpaired) electrons. The van der Waals surface area contributed by atoms with Gasteiger partial charge in [-0.2, -0.15) is 10.2 Å². The SMILES string of the molecule is Cc1nc(Cn2cccn2)n[nH]1. The Labute approximate surface area is 69.4 Å². The molecule has 62 valence electrons. The summed E-state index contributed by atoms with van der Waals surface area (Å²) in [4.78, 5) is 4.16. The molecule has 0 bridgehead atoms. The molecule has 0 aliphatic rings. The summed E-state index contributed by atoms with van der Waals surface area (Å²) in [6.07, 6.45) is 3.62. The molecule has 0 amide bonds. The maximum absolute atomic E-state index is 4.16. The van der Waals surface area contributed by atoms with Gasteiger partial charge in [0, 0.05) is 12.4 Å². The highest BCUT2D eigenvalue weighted by molar-refractivity contribution is 4.89. The molecule has 0 unspecified atom stereocenters. The summed E-state index contributed by atoms with van der Waals surface area (Å²) in [6.45, 7) is 2.50. The first-order chi connectivity index (χ1) is 5.84. The number of H-pyrrole nitrogens is 1. The molecular formula is C7H9N5. The van der Waals surface area contributed by atoms with Crippen molar-refractivity contribution < 1.29 is 0 Å². The van der Waals surface area contributed by atoms with E-state index in [1.54, 1.807) is 10.9 Å². The predicted octanol–water partition coefficient (Wildman–Crippen LogP) is 0.358. The van der Waals surface area contributed by atoms with Crippen LogP contribution in [0.4, 0.5) is 0 Å². The number of nitrogens with zero attached hydrogens (tertiary/aromatic N) is 4. The van der Waals surface area contributed by atoms with Gasteiger partial charge in [0.05, 0.1) is 0 Å². The van der Waals surface area contributed by atoms with Crippen LogP contribution >= 0.6 is 0 Å². The van der Waals surface area contributed by atoms with E-state index in [-0.39, 0.29) is 0 Å². The summed E-state index contributed by atoms with van der Waals surface area (Å²) < 4.78 is 1.78. The number of hydrogen-bond acceptors (Lipinski definition) is 3. The number of nitrogens with one attached hydrogen (secondary N) is 1. The van der Waals surface area contributed by atoms with Crippen molar-refractivity contribution in [2.24, 2.45) is 0 Å². The third-order valence-electron chi connectivity index (χ3n) is 1.51. The van der Waals surface area contributed by atoms with Crippen molar-refractivity contribution in [3.63, 3.8) is 0 Å². The highest BCUT2D eigenvalue weighted by Gasteiger charge is 1.99. The molecule has 5 nitrogen and oxygen atoms in total. The molecule has 1 N–H and O–H groups in total. The van der Waals surface area contributed by atoms with Crippen LogP contribution in [0.15, 0.2) is 18.5 Å². The second kappa shape index (κ2) is 2.77. The molecule has 2 rings (SSSR count). The molecule has 0 aliphatic heterocycles. The zero-order valence-corrected chi connectivity index (χ0v) is 6.73. The van der Waals surface area contributed by atoms with Crippen molar-refractivity contribution in [2.45, 2.75) is 13.5 Å². The van der Waals surface area contributed by atoms with Gasteiger partial charge in [0.15, 0.2) is 5.82 Å². The minimum Gasteiger partial charge on any atom is -0.265 e. The molecule has 0 aliphatic carbocycles. The summed E-state index contributed by atoms with van der Waals surface area (Å²) in [5, 5.41) is 10.8. The number of rotatable bonds is 2. The zero-order valence-electron chi connectivity index (χ0n) is 6.73. The highest BCUT2D eigenvalue weighted by Crippen LogP contribution is 1.94. The maximum Gasteiger partial charge on any atom is 0.172 e. The van der Waals surface area contributed by atoms with Crippen LogP contribution in [0.1, 0.15) is 11.6 Å². The summed E-state index contributed by atoms with van der Waals surface area (Å²) in [7, 11) is 0. The van der Waals surface area contributed by atoms with Gasteiger partial charge in [-0.3, -0.25) is 9.78 Å². The third kappa shape index (κ3) is 1.34. The minimum atomic E-state index is 0.622. The zero-order chi connectivity index (χ0) is 8.39.